The van der Waals surface area contributed by atoms with Crippen LogP contribution in [0.2, 0.25) is 5.02 Å². The van der Waals surface area contributed by atoms with Gasteiger partial charge in [-0.3, -0.25) is 4.79 Å². The van der Waals surface area contributed by atoms with E-state index in [4.69, 9.17) is 21.8 Å². The van der Waals surface area contributed by atoms with E-state index in [2.05, 4.69) is 0 Å². The average molecular weight is 219 g/mol. The van der Waals surface area contributed by atoms with E-state index < -0.39 is 33.9 Å². The maximum Gasteiger partial charge on any atom is 0.377 e. The quantitative estimate of drug-likeness (QED) is 0.582. The fourth-order valence-corrected chi connectivity index (χ4v) is 0.997. The van der Waals surface area contributed by atoms with E-state index in [-0.39, 0.29) is 0 Å². The Bertz CT molecular complexity index is 416. The number of benzene rings is 1. The molecule has 1 rings (SSSR count). The predicted octanol–water partition coefficient (Wildman–Crippen LogP) is 1.45. The van der Waals surface area contributed by atoms with Crippen molar-refractivity contribution in [3.05, 3.63) is 28.5 Å². The number of carbonyl (C=O) groups excluding carboxylic acids is 1. The highest BCUT2D eigenvalue weighted by Gasteiger charge is 2.20. The van der Waals surface area contributed by atoms with Crippen LogP contribution in [-0.2, 0) is 4.79 Å². The number of phenolic OH excluding ortho intramolecular Hbond substituents is 1. The number of halogens is 2. The topological polar surface area (TPSA) is 74.6 Å². The Kier molecular flexibility index (Phi) is 2.71. The monoisotopic (exact) mass is 218 g/mol. The molecule has 0 bridgehead atoms. The van der Waals surface area contributed by atoms with Gasteiger partial charge in [0.15, 0.2) is 0 Å². The number of carboxylic acids is 1. The summed E-state index contributed by atoms with van der Waals surface area (Å²) in [7, 11) is 0. The molecule has 74 valence electrons. The van der Waals surface area contributed by atoms with Crippen molar-refractivity contribution in [1.82, 2.24) is 0 Å². The summed E-state index contributed by atoms with van der Waals surface area (Å²) < 4.78 is 12.7. The van der Waals surface area contributed by atoms with E-state index in [0.717, 1.165) is 6.07 Å². The third-order valence-electron chi connectivity index (χ3n) is 1.48. The van der Waals surface area contributed by atoms with Crippen LogP contribution < -0.4 is 0 Å². The molecule has 4 nitrogen and oxygen atoms in total. The van der Waals surface area contributed by atoms with Crippen molar-refractivity contribution < 1.29 is 24.2 Å². The first-order valence-electron chi connectivity index (χ1n) is 3.39. The molecule has 0 aliphatic heterocycles. The summed E-state index contributed by atoms with van der Waals surface area (Å²) in [6.45, 7) is 0. The van der Waals surface area contributed by atoms with E-state index >= 15 is 0 Å². The van der Waals surface area contributed by atoms with Crippen molar-refractivity contribution in [1.29, 1.82) is 0 Å². The number of ketones is 1. The van der Waals surface area contributed by atoms with Crippen LogP contribution in [0.1, 0.15) is 10.4 Å². The van der Waals surface area contributed by atoms with Crippen molar-refractivity contribution in [3.63, 3.8) is 0 Å². The minimum absolute atomic E-state index is 0.424. The highest BCUT2D eigenvalue weighted by atomic mass is 35.5. The fraction of sp³-hybridized carbons (Fsp3) is 0. The lowest BCUT2D eigenvalue weighted by molar-refractivity contribution is -0.131. The maximum atomic E-state index is 12.7. The van der Waals surface area contributed by atoms with Gasteiger partial charge in [0.05, 0.1) is 10.6 Å². The predicted molar refractivity (Wildman–Crippen MR) is 45.0 cm³/mol. The molecular weight excluding hydrogens is 215 g/mol. The molecule has 0 aliphatic carbocycles. The van der Waals surface area contributed by atoms with Gasteiger partial charge in [0.25, 0.3) is 5.78 Å². The summed E-state index contributed by atoms with van der Waals surface area (Å²) in [6.07, 6.45) is 0. The standard InChI is InChI=1S/C8H4ClFO4/c9-4-1-3(7(12)8(13)14)6(11)2-5(4)10/h1-2,11H,(H,13,14). The van der Waals surface area contributed by atoms with Crippen molar-refractivity contribution in [2.24, 2.45) is 0 Å². The van der Waals surface area contributed by atoms with E-state index in [1.54, 1.807) is 0 Å². The van der Waals surface area contributed by atoms with Gasteiger partial charge < -0.3 is 10.2 Å². The van der Waals surface area contributed by atoms with Crippen molar-refractivity contribution in [2.45, 2.75) is 0 Å². The molecule has 0 saturated carbocycles. The molecule has 0 saturated heterocycles. The lowest BCUT2D eigenvalue weighted by atomic mass is 10.1. The SMILES string of the molecule is O=C(O)C(=O)c1cc(Cl)c(F)cc1O. The van der Waals surface area contributed by atoms with Crippen LogP contribution in [0.15, 0.2) is 12.1 Å². The third kappa shape index (κ3) is 1.82. The number of Topliss-reactive ketones (excluding diaryl/α,β-unsaturated/α-hetero) is 1. The second-order valence-corrected chi connectivity index (χ2v) is 2.82. The molecule has 0 fully saturated rings. The van der Waals surface area contributed by atoms with Crippen molar-refractivity contribution in [2.75, 3.05) is 0 Å². The van der Waals surface area contributed by atoms with E-state index in [1.165, 1.54) is 0 Å². The minimum atomic E-state index is -1.75. The number of rotatable bonds is 2. The Balaban J connectivity index is 3.29. The lowest BCUT2D eigenvalue weighted by Crippen LogP contribution is -2.13. The molecular formula is C8H4ClFO4. The van der Waals surface area contributed by atoms with Gasteiger partial charge in [-0.2, -0.15) is 0 Å². The van der Waals surface area contributed by atoms with Crippen LogP contribution in [0.5, 0.6) is 5.75 Å². The molecule has 0 amide bonds. The zero-order valence-corrected chi connectivity index (χ0v) is 7.38. The fourth-order valence-electron chi connectivity index (χ4n) is 0.833. The second kappa shape index (κ2) is 3.63. The van der Waals surface area contributed by atoms with Crippen molar-refractivity contribution >= 4 is 23.4 Å². The Labute approximate surface area is 82.5 Å². The van der Waals surface area contributed by atoms with Gasteiger partial charge in [0.1, 0.15) is 11.6 Å². The van der Waals surface area contributed by atoms with Crippen LogP contribution in [0.4, 0.5) is 4.39 Å². The largest absolute Gasteiger partial charge is 0.507 e. The van der Waals surface area contributed by atoms with Crippen LogP contribution >= 0.6 is 11.6 Å². The molecule has 6 heteroatoms. The molecule has 0 heterocycles. The van der Waals surface area contributed by atoms with E-state index in [0.29, 0.717) is 6.07 Å². The molecule has 14 heavy (non-hydrogen) atoms. The van der Waals surface area contributed by atoms with Crippen LogP contribution in [-0.4, -0.2) is 22.0 Å². The maximum absolute atomic E-state index is 12.7. The molecule has 2 N–H and O–H groups in total. The number of carboxylic acid groups (broad SMARTS) is 1. The van der Waals surface area contributed by atoms with Crippen LogP contribution in [0.3, 0.4) is 0 Å². The summed E-state index contributed by atoms with van der Waals surface area (Å²) in [6, 6.07) is 1.35. The lowest BCUT2D eigenvalue weighted by Gasteiger charge is -2.01. The van der Waals surface area contributed by atoms with Gasteiger partial charge >= 0.3 is 5.97 Å². The number of carbonyl (C=O) groups is 2. The van der Waals surface area contributed by atoms with Gasteiger partial charge in [-0.15, -0.1) is 0 Å². The van der Waals surface area contributed by atoms with Gasteiger partial charge in [0, 0.05) is 6.07 Å². The summed E-state index contributed by atoms with van der Waals surface area (Å²) in [5, 5.41) is 17.0. The van der Waals surface area contributed by atoms with Gasteiger partial charge in [-0.25, -0.2) is 9.18 Å². The first-order chi connectivity index (χ1) is 6.43. The second-order valence-electron chi connectivity index (χ2n) is 2.42. The molecule has 0 spiro atoms. The summed E-state index contributed by atoms with van der Waals surface area (Å²) in [5.41, 5.74) is -0.538. The number of aromatic hydroxyl groups is 1. The Morgan fingerprint density at radius 3 is 2.43 bits per heavy atom. The first kappa shape index (κ1) is 10.5. The molecule has 1 aromatic carbocycles. The van der Waals surface area contributed by atoms with Crippen molar-refractivity contribution in [3.8, 4) is 5.75 Å². The number of aliphatic carboxylic acids is 1. The van der Waals surface area contributed by atoms with Crippen LogP contribution in [0, 0.1) is 5.82 Å². The van der Waals surface area contributed by atoms with Gasteiger partial charge in [-0.1, -0.05) is 11.6 Å². The summed E-state index contributed by atoms with van der Waals surface area (Å²) >= 11 is 5.30. The third-order valence-corrected chi connectivity index (χ3v) is 1.77. The molecule has 1 aromatic rings. The average Bonchev–Trinajstić information content (AvgIpc) is 2.10. The highest BCUT2D eigenvalue weighted by Crippen LogP contribution is 2.25. The zero-order valence-electron chi connectivity index (χ0n) is 6.62. The van der Waals surface area contributed by atoms with E-state index in [9.17, 15) is 14.0 Å². The normalized spacial score (nSPS) is 9.86. The summed E-state index contributed by atoms with van der Waals surface area (Å²) in [5.74, 6) is -4.77. The Morgan fingerprint density at radius 1 is 1.36 bits per heavy atom. The molecule has 0 atom stereocenters. The van der Waals surface area contributed by atoms with Gasteiger partial charge in [0.2, 0.25) is 0 Å². The first-order valence-corrected chi connectivity index (χ1v) is 3.77. The molecule has 0 aromatic heterocycles. The molecule has 0 radical (unpaired) electrons. The van der Waals surface area contributed by atoms with Gasteiger partial charge in [-0.05, 0) is 6.07 Å². The minimum Gasteiger partial charge on any atom is -0.507 e. The zero-order chi connectivity index (χ0) is 10.9. The Hall–Kier alpha value is -1.62. The molecule has 0 unspecified atom stereocenters. The number of hydrogen-bond donors (Lipinski definition) is 2. The number of hydrogen-bond acceptors (Lipinski definition) is 3. The van der Waals surface area contributed by atoms with Crippen LogP contribution in [0.25, 0.3) is 0 Å². The van der Waals surface area contributed by atoms with E-state index in [1.807, 2.05) is 0 Å². The highest BCUT2D eigenvalue weighted by molar-refractivity contribution is 6.41. The number of phenols is 1. The Morgan fingerprint density at radius 2 is 1.93 bits per heavy atom. The summed E-state index contributed by atoms with van der Waals surface area (Å²) in [4.78, 5) is 21.1. The smallest absolute Gasteiger partial charge is 0.377 e. The molecule has 0 aliphatic rings.